The Morgan fingerprint density at radius 1 is 1.35 bits per heavy atom. The van der Waals surface area contributed by atoms with Gasteiger partial charge in [-0.15, -0.1) is 0 Å². The van der Waals surface area contributed by atoms with E-state index in [1.165, 1.54) is 0 Å². The highest BCUT2D eigenvalue weighted by Gasteiger charge is 2.14. The Kier molecular flexibility index (Phi) is 6.92. The fourth-order valence-electron chi connectivity index (χ4n) is 1.34. The zero-order valence-electron chi connectivity index (χ0n) is 10.9. The summed E-state index contributed by atoms with van der Waals surface area (Å²) in [6, 6.07) is 0. The number of ether oxygens (including phenoxy) is 1. The van der Waals surface area contributed by atoms with Crippen LogP contribution in [0.25, 0.3) is 0 Å². The van der Waals surface area contributed by atoms with E-state index in [0.29, 0.717) is 30.7 Å². The number of likely N-dealkylation sites (N-methyl/N-ethyl adjacent to an activating group) is 1. The van der Waals surface area contributed by atoms with E-state index in [0.717, 1.165) is 12.1 Å². The second-order valence-corrected chi connectivity index (χ2v) is 6.53. The number of hydrogen-bond donors (Lipinski definition) is 0. The van der Waals surface area contributed by atoms with Crippen LogP contribution in [0.5, 0.6) is 0 Å². The summed E-state index contributed by atoms with van der Waals surface area (Å²) in [4.78, 5) is 0. The largest absolute Gasteiger partial charge is 0.748 e. The molecule has 0 saturated carbocycles. The van der Waals surface area contributed by atoms with Crippen molar-refractivity contribution in [1.29, 1.82) is 0 Å². The van der Waals surface area contributed by atoms with Crippen LogP contribution >= 0.6 is 0 Å². The van der Waals surface area contributed by atoms with Gasteiger partial charge in [0.15, 0.2) is 0 Å². The third kappa shape index (κ3) is 11.8. The monoisotopic (exact) mass is 265 g/mol. The molecule has 0 fully saturated rings. The zero-order valence-corrected chi connectivity index (χ0v) is 11.8. The van der Waals surface area contributed by atoms with E-state index in [9.17, 15) is 13.0 Å². The first kappa shape index (κ1) is 16.6. The van der Waals surface area contributed by atoms with Gasteiger partial charge in [0.1, 0.15) is 6.54 Å². The summed E-state index contributed by atoms with van der Waals surface area (Å²) in [5.41, 5.74) is 0.979. The van der Waals surface area contributed by atoms with Crippen molar-refractivity contribution in [2.75, 3.05) is 46.2 Å². The molecule has 0 aliphatic carbocycles. The van der Waals surface area contributed by atoms with Gasteiger partial charge >= 0.3 is 0 Å². The molecule has 0 aliphatic heterocycles. The van der Waals surface area contributed by atoms with Crippen molar-refractivity contribution in [3.8, 4) is 0 Å². The molecular formula is C11H23NO4S. The van der Waals surface area contributed by atoms with Crippen LogP contribution in [0.2, 0.25) is 0 Å². The van der Waals surface area contributed by atoms with E-state index in [-0.39, 0.29) is 5.75 Å². The summed E-state index contributed by atoms with van der Waals surface area (Å²) >= 11 is 0. The fraction of sp³-hybridized carbons (Fsp3) is 0.818. The van der Waals surface area contributed by atoms with Gasteiger partial charge in [-0.25, -0.2) is 8.42 Å². The van der Waals surface area contributed by atoms with Gasteiger partial charge in [-0.2, -0.15) is 0 Å². The van der Waals surface area contributed by atoms with Crippen molar-refractivity contribution < 1.29 is 22.2 Å². The Labute approximate surface area is 104 Å². The molecule has 0 heterocycles. The summed E-state index contributed by atoms with van der Waals surface area (Å²) < 4.78 is 37.4. The van der Waals surface area contributed by atoms with Crippen molar-refractivity contribution in [2.45, 2.75) is 13.3 Å². The van der Waals surface area contributed by atoms with Gasteiger partial charge in [-0.1, -0.05) is 12.2 Å². The highest BCUT2D eigenvalue weighted by Crippen LogP contribution is 2.01. The van der Waals surface area contributed by atoms with E-state index in [1.807, 2.05) is 21.0 Å². The van der Waals surface area contributed by atoms with Crippen LogP contribution in [0.15, 0.2) is 12.2 Å². The van der Waals surface area contributed by atoms with E-state index in [2.05, 4.69) is 6.58 Å². The molecule has 6 heteroatoms. The Morgan fingerprint density at radius 3 is 2.41 bits per heavy atom. The average Bonchev–Trinajstić information content (AvgIpc) is 2.09. The molecule has 0 aromatic rings. The number of hydrogen-bond acceptors (Lipinski definition) is 4. The topological polar surface area (TPSA) is 66.4 Å². The Bertz CT molecular complexity index is 335. The smallest absolute Gasteiger partial charge is 0.102 e. The molecule has 0 radical (unpaired) electrons. The molecule has 0 spiro atoms. The molecule has 0 aromatic carbocycles. The number of quaternary nitrogens is 1. The molecule has 0 amide bonds. The van der Waals surface area contributed by atoms with Crippen molar-refractivity contribution in [3.63, 3.8) is 0 Å². The minimum atomic E-state index is -4.09. The number of nitrogens with zero attached hydrogens (tertiary/aromatic N) is 1. The van der Waals surface area contributed by atoms with Gasteiger partial charge in [-0.05, 0) is 6.92 Å². The molecule has 102 valence electrons. The molecule has 0 bridgehead atoms. The first-order valence-corrected chi connectivity index (χ1v) is 7.18. The molecule has 0 unspecified atom stereocenters. The molecule has 5 nitrogen and oxygen atoms in total. The van der Waals surface area contributed by atoms with Crippen LogP contribution in [0.1, 0.15) is 13.3 Å². The van der Waals surface area contributed by atoms with Gasteiger partial charge in [0.05, 0.1) is 44.0 Å². The van der Waals surface area contributed by atoms with Crippen LogP contribution in [0, 0.1) is 0 Å². The molecule has 0 atom stereocenters. The van der Waals surface area contributed by atoms with Gasteiger partial charge in [0, 0.05) is 12.2 Å². The maximum absolute atomic E-state index is 10.5. The fourth-order valence-corrected chi connectivity index (χ4v) is 1.82. The lowest BCUT2D eigenvalue weighted by atomic mass is 10.3. The molecule has 0 aromatic heterocycles. The molecule has 17 heavy (non-hydrogen) atoms. The predicted molar refractivity (Wildman–Crippen MR) is 66.7 cm³/mol. The summed E-state index contributed by atoms with van der Waals surface area (Å²) in [7, 11) is -0.111. The summed E-state index contributed by atoms with van der Waals surface area (Å²) in [5.74, 6) is -0.290. The van der Waals surface area contributed by atoms with E-state index >= 15 is 0 Å². The Balaban J connectivity index is 3.76. The van der Waals surface area contributed by atoms with Crippen LogP contribution in [-0.2, 0) is 14.9 Å². The minimum absolute atomic E-state index is 0.290. The Hall–Kier alpha value is -0.430. The zero-order chi connectivity index (χ0) is 13.5. The highest BCUT2D eigenvalue weighted by atomic mass is 32.2. The molecule has 0 aliphatic rings. The maximum atomic E-state index is 10.5. The normalized spacial score (nSPS) is 12.7. The first-order chi connectivity index (χ1) is 7.62. The van der Waals surface area contributed by atoms with Gasteiger partial charge < -0.3 is 13.8 Å². The summed E-state index contributed by atoms with van der Waals surface area (Å²) in [6.07, 6.45) is 0.388. The maximum Gasteiger partial charge on any atom is 0.102 e. The highest BCUT2D eigenvalue weighted by molar-refractivity contribution is 7.85. The van der Waals surface area contributed by atoms with Gasteiger partial charge in [0.25, 0.3) is 0 Å². The van der Waals surface area contributed by atoms with Crippen molar-refractivity contribution >= 4 is 10.1 Å². The molecular weight excluding hydrogens is 242 g/mol. The lowest BCUT2D eigenvalue weighted by Gasteiger charge is -2.29. The minimum Gasteiger partial charge on any atom is -0.748 e. The van der Waals surface area contributed by atoms with Crippen LogP contribution in [-0.4, -0.2) is 63.6 Å². The van der Waals surface area contributed by atoms with Gasteiger partial charge in [0.2, 0.25) is 0 Å². The quantitative estimate of drug-likeness (QED) is 0.265. The standard InChI is InChI=1S/C11H23NO4S/c1-11(2)10-16-8-7-12(3,4)6-5-9-17(13,14)15/h1,5-10H2,2-4H3. The SMILES string of the molecule is C=C(C)COCC[N+](C)(C)CCCS(=O)(=O)[O-]. The van der Waals surface area contributed by atoms with Crippen molar-refractivity contribution in [1.82, 2.24) is 0 Å². The third-order valence-corrected chi connectivity index (χ3v) is 3.14. The van der Waals surface area contributed by atoms with Crippen LogP contribution in [0.3, 0.4) is 0 Å². The first-order valence-electron chi connectivity index (χ1n) is 5.60. The van der Waals surface area contributed by atoms with E-state index < -0.39 is 10.1 Å². The molecule has 0 N–H and O–H groups in total. The Morgan fingerprint density at radius 2 is 1.94 bits per heavy atom. The predicted octanol–water partition coefficient (Wildman–Crippen LogP) is 0.591. The number of rotatable bonds is 9. The molecule has 0 rings (SSSR count). The average molecular weight is 265 g/mol. The van der Waals surface area contributed by atoms with Crippen molar-refractivity contribution in [3.05, 3.63) is 12.2 Å². The van der Waals surface area contributed by atoms with Crippen LogP contribution in [0.4, 0.5) is 0 Å². The van der Waals surface area contributed by atoms with Gasteiger partial charge in [-0.3, -0.25) is 0 Å². The van der Waals surface area contributed by atoms with Crippen LogP contribution < -0.4 is 0 Å². The summed E-state index contributed by atoms with van der Waals surface area (Å²) in [6.45, 7) is 8.22. The lowest BCUT2D eigenvalue weighted by molar-refractivity contribution is -0.890. The third-order valence-electron chi connectivity index (χ3n) is 2.35. The van der Waals surface area contributed by atoms with Crippen molar-refractivity contribution in [2.24, 2.45) is 0 Å². The lowest BCUT2D eigenvalue weighted by Crippen LogP contribution is -2.43. The molecule has 0 saturated heterocycles. The second kappa shape index (κ2) is 7.10. The summed E-state index contributed by atoms with van der Waals surface area (Å²) in [5, 5.41) is 0. The van der Waals surface area contributed by atoms with E-state index in [1.54, 1.807) is 0 Å². The second-order valence-electron chi connectivity index (χ2n) is 5.01. The van der Waals surface area contributed by atoms with E-state index in [4.69, 9.17) is 4.74 Å².